The molecule has 2 bridgehead atoms. The van der Waals surface area contributed by atoms with Gasteiger partial charge in [-0.05, 0) is 72.9 Å². The average molecular weight is 578 g/mol. The molecule has 4 rings (SSSR count). The summed E-state index contributed by atoms with van der Waals surface area (Å²) in [4.78, 5) is 38.3. The van der Waals surface area contributed by atoms with Gasteiger partial charge in [-0.15, -0.1) is 0 Å². The molecule has 2 aliphatic rings. The number of carbonyl (C=O) groups excluding carboxylic acids is 3. The molecule has 0 spiro atoms. The third-order valence-corrected chi connectivity index (χ3v) is 9.69. The van der Waals surface area contributed by atoms with Gasteiger partial charge in [0.05, 0.1) is 29.2 Å². The van der Waals surface area contributed by atoms with Crippen LogP contribution in [0.5, 0.6) is 5.75 Å². The molecule has 10 heteroatoms. The van der Waals surface area contributed by atoms with Crippen LogP contribution in [0, 0.1) is 23.6 Å². The quantitative estimate of drug-likeness (QED) is 0.418. The molecule has 0 aliphatic carbocycles. The molecular formula is C29H36FNO6S2. The minimum atomic E-state index is -3.95. The van der Waals surface area contributed by atoms with Gasteiger partial charge in [-0.2, -0.15) is 11.8 Å². The predicted molar refractivity (Wildman–Crippen MR) is 150 cm³/mol. The molecule has 0 saturated heterocycles. The summed E-state index contributed by atoms with van der Waals surface area (Å²) in [5.74, 6) is -1.62. The topological polar surface area (TPSA) is 107 Å². The molecule has 0 aromatic heterocycles. The molecule has 39 heavy (non-hydrogen) atoms. The van der Waals surface area contributed by atoms with Crippen LogP contribution >= 0.6 is 11.8 Å². The minimum absolute atomic E-state index is 0.00243. The van der Waals surface area contributed by atoms with E-state index in [0.717, 1.165) is 42.6 Å². The third kappa shape index (κ3) is 9.46. The number of thioether (sulfide) groups is 1. The Morgan fingerprint density at radius 2 is 1.74 bits per heavy atom. The summed E-state index contributed by atoms with van der Waals surface area (Å²) < 4.78 is 45.6. The Labute approximate surface area is 234 Å². The lowest BCUT2D eigenvalue weighted by atomic mass is 9.92. The molecule has 0 unspecified atom stereocenters. The van der Waals surface area contributed by atoms with E-state index in [1.54, 1.807) is 49.9 Å². The monoisotopic (exact) mass is 577 g/mol. The standard InChI is InChI=1S/C29H36FNO6S2/c1-20(2)28-27(33)16-22(17-32)18-38-14-4-3-13-37-25-9-5-21(6-10-25)15-23(29(34)31-28)19-39(35,36)26-11-7-24(30)8-12-26/h5-12,17,20,22-23,28H,3-4,13-16,18-19H2,1-2H3,(H,31,34)/t22-,23-,28+/m1/s1. The van der Waals surface area contributed by atoms with E-state index in [-0.39, 0.29) is 29.4 Å². The van der Waals surface area contributed by atoms with Crippen molar-refractivity contribution in [3.8, 4) is 5.75 Å². The van der Waals surface area contributed by atoms with E-state index in [0.29, 0.717) is 18.1 Å². The van der Waals surface area contributed by atoms with Crippen LogP contribution in [0.15, 0.2) is 53.4 Å². The van der Waals surface area contributed by atoms with Crippen LogP contribution in [0.3, 0.4) is 0 Å². The van der Waals surface area contributed by atoms with Gasteiger partial charge in [-0.3, -0.25) is 9.59 Å². The van der Waals surface area contributed by atoms with Crippen LogP contribution < -0.4 is 10.1 Å². The van der Waals surface area contributed by atoms with Crippen molar-refractivity contribution in [3.63, 3.8) is 0 Å². The first kappa shape index (κ1) is 30.8. The Balaban J connectivity index is 1.91. The van der Waals surface area contributed by atoms with E-state index < -0.39 is 45.2 Å². The first-order valence-electron chi connectivity index (χ1n) is 13.1. The molecule has 0 fully saturated rings. The Morgan fingerprint density at radius 3 is 2.38 bits per heavy atom. The number of aldehydes is 1. The summed E-state index contributed by atoms with van der Waals surface area (Å²) in [6, 6.07) is 10.8. The Hall–Kier alpha value is -2.72. The highest BCUT2D eigenvalue weighted by atomic mass is 32.2. The molecule has 0 saturated carbocycles. The average Bonchev–Trinajstić information content (AvgIpc) is 2.90. The summed E-state index contributed by atoms with van der Waals surface area (Å²) in [5.41, 5.74) is 0.736. The Bertz CT molecular complexity index is 1220. The lowest BCUT2D eigenvalue weighted by Crippen LogP contribution is -2.48. The van der Waals surface area contributed by atoms with Crippen molar-refractivity contribution >= 4 is 39.6 Å². The van der Waals surface area contributed by atoms with Gasteiger partial charge in [0, 0.05) is 18.1 Å². The highest BCUT2D eigenvalue weighted by Gasteiger charge is 2.32. The predicted octanol–water partition coefficient (Wildman–Crippen LogP) is 4.28. The van der Waals surface area contributed by atoms with E-state index in [9.17, 15) is 27.2 Å². The molecule has 2 heterocycles. The van der Waals surface area contributed by atoms with Gasteiger partial charge in [0.15, 0.2) is 15.6 Å². The number of hydrogen-bond donors (Lipinski definition) is 1. The van der Waals surface area contributed by atoms with E-state index in [1.807, 2.05) is 0 Å². The summed E-state index contributed by atoms with van der Waals surface area (Å²) in [7, 11) is -3.95. The van der Waals surface area contributed by atoms with Crippen molar-refractivity contribution in [2.75, 3.05) is 23.9 Å². The lowest BCUT2D eigenvalue weighted by Gasteiger charge is -2.25. The number of carbonyl (C=O) groups is 3. The second kappa shape index (κ2) is 14.6. The fraction of sp³-hybridized carbons (Fsp3) is 0.483. The van der Waals surface area contributed by atoms with Crippen LogP contribution in [-0.2, 0) is 30.6 Å². The van der Waals surface area contributed by atoms with E-state index in [1.165, 1.54) is 12.1 Å². The maximum Gasteiger partial charge on any atom is 0.225 e. The van der Waals surface area contributed by atoms with Crippen molar-refractivity contribution in [1.82, 2.24) is 5.32 Å². The lowest BCUT2D eigenvalue weighted by molar-refractivity contribution is -0.131. The highest BCUT2D eigenvalue weighted by molar-refractivity contribution is 7.99. The molecule has 1 amide bonds. The Kier molecular flexibility index (Phi) is 11.5. The zero-order valence-electron chi connectivity index (χ0n) is 22.3. The second-order valence-electron chi connectivity index (χ2n) is 10.2. The summed E-state index contributed by atoms with van der Waals surface area (Å²) in [5, 5.41) is 2.79. The molecular weight excluding hydrogens is 541 g/mol. The van der Waals surface area contributed by atoms with Crippen molar-refractivity contribution in [3.05, 3.63) is 59.9 Å². The summed E-state index contributed by atoms with van der Waals surface area (Å²) >= 11 is 1.61. The van der Waals surface area contributed by atoms with Gasteiger partial charge in [-0.1, -0.05) is 26.0 Å². The first-order chi connectivity index (χ1) is 18.6. The molecule has 7 nitrogen and oxygen atoms in total. The molecule has 2 aromatic rings. The fourth-order valence-corrected chi connectivity index (χ4v) is 7.01. The van der Waals surface area contributed by atoms with Crippen LogP contribution in [0.4, 0.5) is 4.39 Å². The first-order valence-corrected chi connectivity index (χ1v) is 16.0. The summed E-state index contributed by atoms with van der Waals surface area (Å²) in [6.45, 7) is 4.13. The number of fused-ring (bicyclic) bond motifs is 16. The number of nitrogens with one attached hydrogen (secondary N) is 1. The maximum absolute atomic E-state index is 13.5. The number of rotatable bonds is 5. The van der Waals surface area contributed by atoms with Gasteiger partial charge < -0.3 is 14.8 Å². The minimum Gasteiger partial charge on any atom is -0.494 e. The zero-order chi connectivity index (χ0) is 28.4. The van der Waals surface area contributed by atoms with Crippen LogP contribution in [0.1, 0.15) is 38.7 Å². The molecule has 1 N–H and O–H groups in total. The number of hydrogen-bond acceptors (Lipinski definition) is 7. The molecule has 3 atom stereocenters. The van der Waals surface area contributed by atoms with Gasteiger partial charge >= 0.3 is 0 Å². The second-order valence-corrected chi connectivity index (χ2v) is 13.4. The van der Waals surface area contributed by atoms with Crippen LogP contribution in [0.25, 0.3) is 0 Å². The van der Waals surface area contributed by atoms with Crippen molar-refractivity contribution in [2.24, 2.45) is 17.8 Å². The number of ketones is 1. The summed E-state index contributed by atoms with van der Waals surface area (Å²) in [6.07, 6.45) is 2.66. The van der Waals surface area contributed by atoms with Crippen molar-refractivity contribution in [2.45, 2.75) is 50.5 Å². The third-order valence-electron chi connectivity index (χ3n) is 6.62. The van der Waals surface area contributed by atoms with Gasteiger partial charge in [0.1, 0.15) is 17.9 Å². The fourth-order valence-electron chi connectivity index (χ4n) is 4.39. The van der Waals surface area contributed by atoms with Crippen LogP contribution in [0.2, 0.25) is 0 Å². The number of amides is 1. The number of ether oxygens (including phenoxy) is 1. The van der Waals surface area contributed by atoms with Gasteiger partial charge in [0.25, 0.3) is 0 Å². The number of sulfone groups is 1. The van der Waals surface area contributed by atoms with Crippen LogP contribution in [-0.4, -0.2) is 56.3 Å². The van der Waals surface area contributed by atoms with Crippen molar-refractivity contribution < 1.29 is 31.9 Å². The largest absolute Gasteiger partial charge is 0.494 e. The van der Waals surface area contributed by atoms with E-state index in [2.05, 4.69) is 5.32 Å². The smallest absolute Gasteiger partial charge is 0.225 e. The SMILES string of the molecule is CC(C)[C@@H]1NC(=O)[C@@H](CS(=O)(=O)c2ccc(F)cc2)Cc2ccc(cc2)OCCCCSC[C@@H](C=O)CC1=O. The van der Waals surface area contributed by atoms with Crippen molar-refractivity contribution in [1.29, 1.82) is 0 Å². The molecule has 212 valence electrons. The Morgan fingerprint density at radius 1 is 1.05 bits per heavy atom. The molecule has 2 aliphatic heterocycles. The van der Waals surface area contributed by atoms with E-state index >= 15 is 0 Å². The maximum atomic E-state index is 13.5. The van der Waals surface area contributed by atoms with E-state index in [4.69, 9.17) is 4.74 Å². The zero-order valence-corrected chi connectivity index (χ0v) is 23.9. The molecule has 2 aromatic carbocycles. The molecule has 0 radical (unpaired) electrons. The number of Topliss-reactive ketones (excluding diaryl/α,β-unsaturated/α-hetero) is 1. The normalized spacial score (nSPS) is 22.3. The number of benzene rings is 2. The van der Waals surface area contributed by atoms with Gasteiger partial charge in [0.2, 0.25) is 5.91 Å². The highest BCUT2D eigenvalue weighted by Crippen LogP contribution is 2.22. The van der Waals surface area contributed by atoms with Gasteiger partial charge in [-0.25, -0.2) is 12.8 Å². The number of halogens is 1.